The Morgan fingerprint density at radius 3 is 2.38 bits per heavy atom. The molecule has 13 heavy (non-hydrogen) atoms. The lowest BCUT2D eigenvalue weighted by molar-refractivity contribution is -0.163. The van der Waals surface area contributed by atoms with Crippen molar-refractivity contribution in [3.8, 4) is 0 Å². The van der Waals surface area contributed by atoms with Crippen molar-refractivity contribution in [1.29, 1.82) is 0 Å². The molecule has 1 aliphatic rings. The Labute approximate surface area is 80.1 Å². The molecule has 0 aliphatic carbocycles. The third-order valence-electron chi connectivity index (χ3n) is 2.62. The highest BCUT2D eigenvalue weighted by atomic mass is 16.5. The third-order valence-corrected chi connectivity index (χ3v) is 2.62. The predicted molar refractivity (Wildman–Crippen MR) is 51.4 cm³/mol. The maximum absolute atomic E-state index is 11.0. The highest BCUT2D eigenvalue weighted by molar-refractivity contribution is 5.74. The maximum Gasteiger partial charge on any atom is 0.219 e. The number of carbonyl (C=O) groups excluding carboxylic acids is 1. The van der Waals surface area contributed by atoms with Gasteiger partial charge in [0, 0.05) is 14.0 Å². The summed E-state index contributed by atoms with van der Waals surface area (Å²) in [7, 11) is 1.74. The molecule has 0 unspecified atom stereocenters. The van der Waals surface area contributed by atoms with Gasteiger partial charge >= 0.3 is 0 Å². The third kappa shape index (κ3) is 2.21. The minimum atomic E-state index is -0.0557. The zero-order chi connectivity index (χ0) is 10.1. The van der Waals surface area contributed by atoms with Gasteiger partial charge in [0.15, 0.2) is 0 Å². The molecule has 0 aromatic heterocycles. The van der Waals surface area contributed by atoms with Gasteiger partial charge in [0.2, 0.25) is 5.91 Å². The fourth-order valence-electron chi connectivity index (χ4n) is 1.96. The van der Waals surface area contributed by atoms with E-state index >= 15 is 0 Å². The van der Waals surface area contributed by atoms with Crippen LogP contribution in [0.5, 0.6) is 0 Å². The summed E-state index contributed by atoms with van der Waals surface area (Å²) < 4.78 is 5.47. The molecule has 0 radical (unpaired) electrons. The number of amides is 1. The first-order chi connectivity index (χ1) is 5.99. The van der Waals surface area contributed by atoms with Gasteiger partial charge in [-0.3, -0.25) is 4.79 Å². The van der Waals surface area contributed by atoms with Crippen LogP contribution >= 0.6 is 0 Å². The second-order valence-corrected chi connectivity index (χ2v) is 4.36. The van der Waals surface area contributed by atoms with Crippen LogP contribution in [0.2, 0.25) is 0 Å². The topological polar surface area (TPSA) is 29.5 Å². The minimum absolute atomic E-state index is 0.0557. The Hall–Kier alpha value is -0.570. The molecular weight excluding hydrogens is 166 g/mol. The molecule has 0 aromatic carbocycles. The largest absolute Gasteiger partial charge is 0.375 e. The average Bonchev–Trinajstić information content (AvgIpc) is 1.94. The zero-order valence-electron chi connectivity index (χ0n) is 8.96. The van der Waals surface area contributed by atoms with E-state index in [1.165, 1.54) is 0 Å². The summed E-state index contributed by atoms with van der Waals surface area (Å²) in [5.74, 6) is 0.769. The van der Waals surface area contributed by atoms with Crippen molar-refractivity contribution in [3.63, 3.8) is 0 Å². The second-order valence-electron chi connectivity index (χ2n) is 4.36. The van der Waals surface area contributed by atoms with Crippen LogP contribution in [0.4, 0.5) is 0 Å². The van der Waals surface area contributed by atoms with Crippen molar-refractivity contribution in [3.05, 3.63) is 0 Å². The van der Waals surface area contributed by atoms with Gasteiger partial charge in [-0.25, -0.2) is 0 Å². The van der Waals surface area contributed by atoms with Crippen LogP contribution < -0.4 is 0 Å². The number of nitrogens with zero attached hydrogens (tertiary/aromatic N) is 1. The van der Waals surface area contributed by atoms with Crippen LogP contribution in [-0.2, 0) is 9.53 Å². The number of hydrogen-bond donors (Lipinski definition) is 0. The van der Waals surface area contributed by atoms with Crippen LogP contribution in [0.15, 0.2) is 0 Å². The molecule has 76 valence electrons. The van der Waals surface area contributed by atoms with Crippen molar-refractivity contribution >= 4 is 5.91 Å². The molecule has 1 fully saturated rings. The van der Waals surface area contributed by atoms with Crippen molar-refractivity contribution in [1.82, 2.24) is 4.90 Å². The lowest BCUT2D eigenvalue weighted by atomic mass is 9.85. The molecule has 0 saturated carbocycles. The van der Waals surface area contributed by atoms with E-state index in [9.17, 15) is 4.79 Å². The first-order valence-electron chi connectivity index (χ1n) is 4.80. The number of rotatable bonds is 3. The SMILES string of the molecule is COC1(CC(C)C)CN(C(C)=O)C1. The fraction of sp³-hybridized carbons (Fsp3) is 0.900. The second kappa shape index (κ2) is 3.66. The van der Waals surface area contributed by atoms with Gasteiger partial charge in [0.25, 0.3) is 0 Å². The number of carbonyl (C=O) groups is 1. The van der Waals surface area contributed by atoms with Crippen LogP contribution in [0.3, 0.4) is 0 Å². The number of methoxy groups -OCH3 is 1. The standard InChI is InChI=1S/C10H19NO2/c1-8(2)5-10(13-4)6-11(7-10)9(3)12/h8H,5-7H2,1-4H3. The molecule has 0 aromatic rings. The van der Waals surface area contributed by atoms with Crippen LogP contribution in [0.25, 0.3) is 0 Å². The summed E-state index contributed by atoms with van der Waals surface area (Å²) in [6.07, 6.45) is 1.04. The van der Waals surface area contributed by atoms with Gasteiger partial charge in [0.1, 0.15) is 5.60 Å². The van der Waals surface area contributed by atoms with Crippen molar-refractivity contribution in [2.45, 2.75) is 32.8 Å². The Balaban J connectivity index is 2.45. The van der Waals surface area contributed by atoms with E-state index in [0.29, 0.717) is 5.92 Å². The summed E-state index contributed by atoms with van der Waals surface area (Å²) in [6, 6.07) is 0. The molecule has 1 saturated heterocycles. The summed E-state index contributed by atoms with van der Waals surface area (Å²) >= 11 is 0. The predicted octanol–water partition coefficient (Wildman–Crippen LogP) is 1.28. The monoisotopic (exact) mass is 185 g/mol. The molecule has 0 atom stereocenters. The molecule has 1 aliphatic heterocycles. The van der Waals surface area contributed by atoms with Crippen molar-refractivity contribution in [2.75, 3.05) is 20.2 Å². The van der Waals surface area contributed by atoms with Crippen molar-refractivity contribution in [2.24, 2.45) is 5.92 Å². The van der Waals surface area contributed by atoms with Crippen LogP contribution in [0, 0.1) is 5.92 Å². The van der Waals surface area contributed by atoms with Crippen molar-refractivity contribution < 1.29 is 9.53 Å². The summed E-state index contributed by atoms with van der Waals surface area (Å²) in [4.78, 5) is 12.8. The van der Waals surface area contributed by atoms with Gasteiger partial charge in [-0.05, 0) is 12.3 Å². The normalized spacial score (nSPS) is 20.2. The van der Waals surface area contributed by atoms with E-state index in [1.807, 2.05) is 4.90 Å². The molecule has 3 nitrogen and oxygen atoms in total. The quantitative estimate of drug-likeness (QED) is 0.663. The fourth-order valence-corrected chi connectivity index (χ4v) is 1.96. The van der Waals surface area contributed by atoms with Gasteiger partial charge in [0.05, 0.1) is 13.1 Å². The highest BCUT2D eigenvalue weighted by Crippen LogP contribution is 2.30. The van der Waals surface area contributed by atoms with Gasteiger partial charge in [-0.15, -0.1) is 0 Å². The van der Waals surface area contributed by atoms with Crippen LogP contribution in [0.1, 0.15) is 27.2 Å². The first-order valence-corrected chi connectivity index (χ1v) is 4.80. The summed E-state index contributed by atoms with van der Waals surface area (Å²) in [5, 5.41) is 0. The minimum Gasteiger partial charge on any atom is -0.375 e. The first kappa shape index (κ1) is 10.5. The summed E-state index contributed by atoms with van der Waals surface area (Å²) in [5.41, 5.74) is -0.0557. The molecule has 0 bridgehead atoms. The molecule has 3 heteroatoms. The lowest BCUT2D eigenvalue weighted by Gasteiger charge is -2.49. The molecule has 0 N–H and O–H groups in total. The number of ether oxygens (including phenoxy) is 1. The molecule has 1 heterocycles. The lowest BCUT2D eigenvalue weighted by Crippen LogP contribution is -2.64. The Kier molecular flexibility index (Phi) is 2.96. The van der Waals surface area contributed by atoms with Gasteiger partial charge in [-0.1, -0.05) is 13.8 Å². The van der Waals surface area contributed by atoms with Gasteiger partial charge < -0.3 is 9.64 Å². The van der Waals surface area contributed by atoms with Crippen LogP contribution in [-0.4, -0.2) is 36.6 Å². The van der Waals surface area contributed by atoms with E-state index in [2.05, 4.69) is 13.8 Å². The Morgan fingerprint density at radius 2 is 2.08 bits per heavy atom. The molecular formula is C10H19NO2. The smallest absolute Gasteiger partial charge is 0.219 e. The molecule has 1 rings (SSSR count). The number of hydrogen-bond acceptors (Lipinski definition) is 2. The Bertz CT molecular complexity index is 195. The molecule has 1 amide bonds. The highest BCUT2D eigenvalue weighted by Gasteiger charge is 2.44. The average molecular weight is 185 g/mol. The van der Waals surface area contributed by atoms with E-state index in [-0.39, 0.29) is 11.5 Å². The maximum atomic E-state index is 11.0. The van der Waals surface area contributed by atoms with E-state index in [0.717, 1.165) is 19.5 Å². The molecule has 0 spiro atoms. The van der Waals surface area contributed by atoms with E-state index in [4.69, 9.17) is 4.74 Å². The zero-order valence-corrected chi connectivity index (χ0v) is 8.96. The van der Waals surface area contributed by atoms with E-state index in [1.54, 1.807) is 14.0 Å². The van der Waals surface area contributed by atoms with Gasteiger partial charge in [-0.2, -0.15) is 0 Å². The van der Waals surface area contributed by atoms with E-state index < -0.39 is 0 Å². The summed E-state index contributed by atoms with van der Waals surface area (Å²) in [6.45, 7) is 7.48. The number of likely N-dealkylation sites (tertiary alicyclic amines) is 1. The Morgan fingerprint density at radius 1 is 1.54 bits per heavy atom.